The fourth-order valence-corrected chi connectivity index (χ4v) is 3.81. The predicted octanol–water partition coefficient (Wildman–Crippen LogP) is 3.99. The highest BCUT2D eigenvalue weighted by molar-refractivity contribution is 6.31. The molecule has 1 atom stereocenters. The van der Waals surface area contributed by atoms with E-state index in [1.54, 1.807) is 0 Å². The summed E-state index contributed by atoms with van der Waals surface area (Å²) in [6.07, 6.45) is 2.72. The first-order chi connectivity index (χ1) is 13.1. The standard InChI is InChI=1S/C22H25ClN2O2/c23-20-11-5-4-10-18(20)19(17-8-2-1-3-9-17)16-21(26)24-13-7-15-25-14-6-12-22(25)27/h1-5,8-11,19H,6-7,12-16H2,(H,24,26). The summed E-state index contributed by atoms with van der Waals surface area (Å²) in [7, 11) is 0. The number of amides is 2. The summed E-state index contributed by atoms with van der Waals surface area (Å²) < 4.78 is 0. The zero-order valence-corrected chi connectivity index (χ0v) is 16.1. The lowest BCUT2D eigenvalue weighted by atomic mass is 9.88. The third-order valence-corrected chi connectivity index (χ3v) is 5.31. The van der Waals surface area contributed by atoms with Crippen molar-refractivity contribution in [3.63, 3.8) is 0 Å². The van der Waals surface area contributed by atoms with E-state index in [4.69, 9.17) is 11.6 Å². The van der Waals surface area contributed by atoms with Gasteiger partial charge in [0.05, 0.1) is 0 Å². The second-order valence-corrected chi connectivity index (χ2v) is 7.28. The van der Waals surface area contributed by atoms with Crippen LogP contribution in [0, 0.1) is 0 Å². The molecule has 0 aromatic heterocycles. The molecule has 3 rings (SSSR count). The number of nitrogens with zero attached hydrogens (tertiary/aromatic N) is 1. The lowest BCUT2D eigenvalue weighted by molar-refractivity contribution is -0.127. The summed E-state index contributed by atoms with van der Waals surface area (Å²) in [5.74, 6) is 0.140. The van der Waals surface area contributed by atoms with E-state index in [0.29, 0.717) is 31.0 Å². The minimum atomic E-state index is -0.0833. The Kier molecular flexibility index (Phi) is 6.88. The van der Waals surface area contributed by atoms with E-state index < -0.39 is 0 Å². The van der Waals surface area contributed by atoms with E-state index in [2.05, 4.69) is 5.32 Å². The van der Waals surface area contributed by atoms with Gasteiger partial charge in [0.2, 0.25) is 11.8 Å². The maximum atomic E-state index is 12.5. The van der Waals surface area contributed by atoms with Crippen molar-refractivity contribution in [3.05, 3.63) is 70.7 Å². The molecule has 4 nitrogen and oxygen atoms in total. The topological polar surface area (TPSA) is 49.4 Å². The Bertz CT molecular complexity index is 779. The average molecular weight is 385 g/mol. The maximum Gasteiger partial charge on any atom is 0.222 e. The van der Waals surface area contributed by atoms with Crippen molar-refractivity contribution < 1.29 is 9.59 Å². The molecule has 27 heavy (non-hydrogen) atoms. The molecule has 0 saturated carbocycles. The number of hydrogen-bond donors (Lipinski definition) is 1. The van der Waals surface area contributed by atoms with Crippen molar-refractivity contribution in [2.24, 2.45) is 0 Å². The molecule has 142 valence electrons. The zero-order chi connectivity index (χ0) is 19.1. The Morgan fingerprint density at radius 3 is 2.56 bits per heavy atom. The first-order valence-electron chi connectivity index (χ1n) is 9.49. The molecule has 1 saturated heterocycles. The molecule has 1 N–H and O–H groups in total. The van der Waals surface area contributed by atoms with Gasteiger partial charge in [-0.1, -0.05) is 60.1 Å². The van der Waals surface area contributed by atoms with Gasteiger partial charge < -0.3 is 10.2 Å². The molecule has 2 aromatic carbocycles. The van der Waals surface area contributed by atoms with Gasteiger partial charge in [-0.25, -0.2) is 0 Å². The lowest BCUT2D eigenvalue weighted by Crippen LogP contribution is -2.31. The molecule has 5 heteroatoms. The van der Waals surface area contributed by atoms with Gasteiger partial charge in [0, 0.05) is 43.4 Å². The van der Waals surface area contributed by atoms with Crippen LogP contribution in [0.3, 0.4) is 0 Å². The lowest BCUT2D eigenvalue weighted by Gasteiger charge is -2.19. The second-order valence-electron chi connectivity index (χ2n) is 6.88. The molecule has 1 fully saturated rings. The molecule has 1 aliphatic heterocycles. The first kappa shape index (κ1) is 19.4. The summed E-state index contributed by atoms with van der Waals surface area (Å²) in [5.41, 5.74) is 2.03. The fraction of sp³-hybridized carbons (Fsp3) is 0.364. The number of hydrogen-bond acceptors (Lipinski definition) is 2. The maximum absolute atomic E-state index is 12.5. The minimum Gasteiger partial charge on any atom is -0.356 e. The average Bonchev–Trinajstić information content (AvgIpc) is 3.09. The Hall–Kier alpha value is -2.33. The molecule has 0 spiro atoms. The predicted molar refractivity (Wildman–Crippen MR) is 108 cm³/mol. The minimum absolute atomic E-state index is 0.00322. The van der Waals surface area contributed by atoms with Gasteiger partial charge in [0.1, 0.15) is 0 Å². The van der Waals surface area contributed by atoms with Gasteiger partial charge in [-0.3, -0.25) is 9.59 Å². The van der Waals surface area contributed by atoms with Gasteiger partial charge in [-0.05, 0) is 30.0 Å². The molecular weight excluding hydrogens is 360 g/mol. The van der Waals surface area contributed by atoms with Crippen LogP contribution in [0.2, 0.25) is 5.02 Å². The van der Waals surface area contributed by atoms with Crippen molar-refractivity contribution >= 4 is 23.4 Å². The first-order valence-corrected chi connectivity index (χ1v) is 9.87. The van der Waals surface area contributed by atoms with E-state index in [-0.39, 0.29) is 17.7 Å². The van der Waals surface area contributed by atoms with Crippen molar-refractivity contribution in [1.82, 2.24) is 10.2 Å². The number of carbonyl (C=O) groups is 2. The van der Waals surface area contributed by atoms with Crippen molar-refractivity contribution in [1.29, 1.82) is 0 Å². The van der Waals surface area contributed by atoms with Crippen LogP contribution in [0.4, 0.5) is 0 Å². The van der Waals surface area contributed by atoms with Gasteiger partial charge >= 0.3 is 0 Å². The van der Waals surface area contributed by atoms with Crippen LogP contribution in [-0.2, 0) is 9.59 Å². The van der Waals surface area contributed by atoms with E-state index in [9.17, 15) is 9.59 Å². The van der Waals surface area contributed by atoms with Crippen LogP contribution in [-0.4, -0.2) is 36.3 Å². The Morgan fingerprint density at radius 1 is 1.11 bits per heavy atom. The molecule has 1 unspecified atom stereocenters. The molecular formula is C22H25ClN2O2. The summed E-state index contributed by atoms with van der Waals surface area (Å²) >= 11 is 6.40. The smallest absolute Gasteiger partial charge is 0.222 e. The van der Waals surface area contributed by atoms with Gasteiger partial charge in [-0.15, -0.1) is 0 Å². The zero-order valence-electron chi connectivity index (χ0n) is 15.4. The van der Waals surface area contributed by atoms with Gasteiger partial charge in [0.15, 0.2) is 0 Å². The molecule has 0 aliphatic carbocycles. The molecule has 2 aromatic rings. The normalized spacial score (nSPS) is 15.0. The van der Waals surface area contributed by atoms with Crippen LogP contribution in [0.25, 0.3) is 0 Å². The number of likely N-dealkylation sites (tertiary alicyclic amines) is 1. The monoisotopic (exact) mass is 384 g/mol. The highest BCUT2D eigenvalue weighted by Gasteiger charge is 2.21. The van der Waals surface area contributed by atoms with Crippen molar-refractivity contribution in [2.45, 2.75) is 31.6 Å². The summed E-state index contributed by atoms with van der Waals surface area (Å²) in [6, 6.07) is 17.7. The molecule has 1 heterocycles. The Morgan fingerprint density at radius 2 is 1.85 bits per heavy atom. The third kappa shape index (κ3) is 5.33. The summed E-state index contributed by atoms with van der Waals surface area (Å²) in [6.45, 7) is 2.13. The molecule has 1 aliphatic rings. The number of benzene rings is 2. The van der Waals surface area contributed by atoms with E-state index in [1.807, 2.05) is 59.5 Å². The second kappa shape index (κ2) is 9.56. The van der Waals surface area contributed by atoms with Gasteiger partial charge in [0.25, 0.3) is 0 Å². The van der Waals surface area contributed by atoms with Crippen LogP contribution < -0.4 is 5.32 Å². The highest BCUT2D eigenvalue weighted by atomic mass is 35.5. The van der Waals surface area contributed by atoms with E-state index in [1.165, 1.54) is 0 Å². The van der Waals surface area contributed by atoms with E-state index >= 15 is 0 Å². The van der Waals surface area contributed by atoms with Crippen LogP contribution in [0.15, 0.2) is 54.6 Å². The SMILES string of the molecule is O=C(CC(c1ccccc1)c1ccccc1Cl)NCCCN1CCCC1=O. The Balaban J connectivity index is 1.58. The highest BCUT2D eigenvalue weighted by Crippen LogP contribution is 2.32. The third-order valence-electron chi connectivity index (χ3n) is 4.97. The number of halogens is 1. The fourth-order valence-electron chi connectivity index (χ4n) is 3.55. The number of rotatable bonds is 8. The quantitative estimate of drug-likeness (QED) is 0.699. The summed E-state index contributed by atoms with van der Waals surface area (Å²) in [5, 5.41) is 3.66. The molecule has 2 amide bonds. The van der Waals surface area contributed by atoms with Crippen LogP contribution in [0.1, 0.15) is 42.7 Å². The van der Waals surface area contributed by atoms with E-state index in [0.717, 1.165) is 30.5 Å². The van der Waals surface area contributed by atoms with Crippen molar-refractivity contribution in [2.75, 3.05) is 19.6 Å². The van der Waals surface area contributed by atoms with Crippen LogP contribution >= 0.6 is 11.6 Å². The molecule has 0 bridgehead atoms. The largest absolute Gasteiger partial charge is 0.356 e. The van der Waals surface area contributed by atoms with Crippen molar-refractivity contribution in [3.8, 4) is 0 Å². The number of nitrogens with one attached hydrogen (secondary N) is 1. The molecule has 0 radical (unpaired) electrons. The van der Waals surface area contributed by atoms with Gasteiger partial charge in [-0.2, -0.15) is 0 Å². The van der Waals surface area contributed by atoms with Crippen LogP contribution in [0.5, 0.6) is 0 Å². The number of carbonyl (C=O) groups excluding carboxylic acids is 2. The summed E-state index contributed by atoms with van der Waals surface area (Å²) in [4.78, 5) is 26.0. The Labute approximate surface area is 165 Å².